The van der Waals surface area contributed by atoms with Gasteiger partial charge in [-0.05, 0) is 31.5 Å². The summed E-state index contributed by atoms with van der Waals surface area (Å²) in [5.74, 6) is 0.0914. The van der Waals surface area contributed by atoms with Gasteiger partial charge in [0, 0.05) is 5.56 Å². The minimum atomic E-state index is -0.755. The molecule has 3 rings (SSSR count). The van der Waals surface area contributed by atoms with E-state index in [1.165, 1.54) is 0 Å². The van der Waals surface area contributed by atoms with Gasteiger partial charge in [-0.3, -0.25) is 0 Å². The highest BCUT2D eigenvalue weighted by molar-refractivity contribution is 5.98. The molecule has 0 aliphatic carbocycles. The van der Waals surface area contributed by atoms with Gasteiger partial charge in [-0.25, -0.2) is 9.79 Å². The first kappa shape index (κ1) is 15.3. The number of hydrogen-bond acceptors (Lipinski definition) is 4. The molecule has 4 heteroatoms. The van der Waals surface area contributed by atoms with Crippen LogP contribution in [0, 0.1) is 0 Å². The van der Waals surface area contributed by atoms with Crippen LogP contribution in [0.1, 0.15) is 31.0 Å². The van der Waals surface area contributed by atoms with Crippen molar-refractivity contribution >= 4 is 11.9 Å². The zero-order chi connectivity index (χ0) is 16.2. The molecule has 2 unspecified atom stereocenters. The number of hydrogen-bond donors (Lipinski definition) is 0. The molecule has 0 saturated carbocycles. The summed E-state index contributed by atoms with van der Waals surface area (Å²) in [4.78, 5) is 17.0. The minimum Gasteiger partial charge on any atom is -0.460 e. The average molecular weight is 309 g/mol. The number of ether oxygens (including phenoxy) is 2. The van der Waals surface area contributed by atoms with Gasteiger partial charge in [0.1, 0.15) is 6.04 Å². The Morgan fingerprint density at radius 3 is 2.26 bits per heavy atom. The summed E-state index contributed by atoms with van der Waals surface area (Å²) >= 11 is 0. The van der Waals surface area contributed by atoms with Gasteiger partial charge in [0.05, 0.1) is 6.10 Å². The molecule has 2 aromatic carbocycles. The molecule has 0 fully saturated rings. The van der Waals surface area contributed by atoms with Crippen LogP contribution in [-0.4, -0.2) is 24.1 Å². The smallest absolute Gasteiger partial charge is 0.350 e. The lowest BCUT2D eigenvalue weighted by atomic mass is 10.0. The molecule has 0 saturated heterocycles. The van der Waals surface area contributed by atoms with Crippen molar-refractivity contribution in [3.05, 3.63) is 71.8 Å². The first-order chi connectivity index (χ1) is 11.1. The summed E-state index contributed by atoms with van der Waals surface area (Å²) in [6.45, 7) is 3.65. The minimum absolute atomic E-state index is 0.191. The van der Waals surface area contributed by atoms with Crippen LogP contribution in [0.25, 0.3) is 0 Å². The van der Waals surface area contributed by atoms with Gasteiger partial charge in [0.2, 0.25) is 12.0 Å². The van der Waals surface area contributed by atoms with E-state index in [1.54, 1.807) is 0 Å². The number of carbonyl (C=O) groups excluding carboxylic acids is 1. The molecule has 4 nitrogen and oxygen atoms in total. The molecule has 0 spiro atoms. The van der Waals surface area contributed by atoms with Gasteiger partial charge in [-0.1, -0.05) is 48.5 Å². The highest BCUT2D eigenvalue weighted by atomic mass is 16.6. The van der Waals surface area contributed by atoms with Crippen LogP contribution >= 0.6 is 0 Å². The van der Waals surface area contributed by atoms with E-state index in [-0.39, 0.29) is 12.1 Å². The molecule has 0 amide bonds. The van der Waals surface area contributed by atoms with Crippen LogP contribution in [0.4, 0.5) is 0 Å². The molecule has 0 bridgehead atoms. The van der Waals surface area contributed by atoms with Crippen molar-refractivity contribution in [1.29, 1.82) is 0 Å². The number of esters is 1. The van der Waals surface area contributed by atoms with Crippen molar-refractivity contribution in [1.82, 2.24) is 0 Å². The fraction of sp³-hybridized carbons (Fsp3) is 0.263. The Balaban J connectivity index is 1.92. The first-order valence-electron chi connectivity index (χ1n) is 7.70. The third-order valence-corrected chi connectivity index (χ3v) is 3.53. The van der Waals surface area contributed by atoms with E-state index in [4.69, 9.17) is 9.47 Å². The molecule has 0 radical (unpaired) electrons. The molecule has 2 atom stereocenters. The fourth-order valence-corrected chi connectivity index (χ4v) is 2.51. The van der Waals surface area contributed by atoms with E-state index in [2.05, 4.69) is 4.99 Å². The van der Waals surface area contributed by atoms with Crippen LogP contribution < -0.4 is 0 Å². The van der Waals surface area contributed by atoms with E-state index in [9.17, 15) is 4.79 Å². The van der Waals surface area contributed by atoms with Crippen molar-refractivity contribution in [3.63, 3.8) is 0 Å². The molecular formula is C19H19NO3. The van der Waals surface area contributed by atoms with Gasteiger partial charge < -0.3 is 9.47 Å². The van der Waals surface area contributed by atoms with Crippen molar-refractivity contribution in [2.75, 3.05) is 0 Å². The predicted octanol–water partition coefficient (Wildman–Crippen LogP) is 3.52. The first-order valence-corrected chi connectivity index (χ1v) is 7.70. The Labute approximate surface area is 135 Å². The second-order valence-electron chi connectivity index (χ2n) is 5.68. The molecule has 23 heavy (non-hydrogen) atoms. The summed E-state index contributed by atoms with van der Waals surface area (Å²) in [5.41, 5.74) is 1.79. The summed E-state index contributed by atoms with van der Waals surface area (Å²) in [6.07, 6.45) is -0.946. The normalized spacial score (nSPS) is 20.0. The molecule has 118 valence electrons. The third kappa shape index (κ3) is 3.42. The summed E-state index contributed by atoms with van der Waals surface area (Å²) in [7, 11) is 0. The fourth-order valence-electron chi connectivity index (χ4n) is 2.51. The number of aliphatic imine (C=N–C) groups is 1. The van der Waals surface area contributed by atoms with Gasteiger partial charge >= 0.3 is 5.97 Å². The van der Waals surface area contributed by atoms with Crippen LogP contribution in [0.15, 0.2) is 65.7 Å². The summed E-state index contributed by atoms with van der Waals surface area (Å²) < 4.78 is 11.2. The zero-order valence-electron chi connectivity index (χ0n) is 13.2. The van der Waals surface area contributed by atoms with Gasteiger partial charge in [-0.15, -0.1) is 0 Å². The number of nitrogens with zero attached hydrogens (tertiary/aromatic N) is 1. The topological polar surface area (TPSA) is 47.9 Å². The monoisotopic (exact) mass is 309 g/mol. The molecule has 1 aliphatic heterocycles. The summed E-state index contributed by atoms with van der Waals surface area (Å²) in [5, 5.41) is 0. The SMILES string of the molecule is CC(C)OC(=O)C1OC(c2ccccc2)=NC1c1ccccc1. The third-order valence-electron chi connectivity index (χ3n) is 3.53. The predicted molar refractivity (Wildman–Crippen MR) is 88.3 cm³/mol. The maximum absolute atomic E-state index is 12.4. The maximum Gasteiger partial charge on any atom is 0.350 e. The number of rotatable bonds is 4. The van der Waals surface area contributed by atoms with Crippen molar-refractivity contribution < 1.29 is 14.3 Å². The molecule has 1 aliphatic rings. The van der Waals surface area contributed by atoms with E-state index >= 15 is 0 Å². The molecule has 0 N–H and O–H groups in total. The zero-order valence-corrected chi connectivity index (χ0v) is 13.2. The molecular weight excluding hydrogens is 290 g/mol. The van der Waals surface area contributed by atoms with E-state index in [1.807, 2.05) is 74.5 Å². The maximum atomic E-state index is 12.4. The van der Waals surface area contributed by atoms with Crippen molar-refractivity contribution in [3.8, 4) is 0 Å². The van der Waals surface area contributed by atoms with Crippen molar-refractivity contribution in [2.45, 2.75) is 32.1 Å². The summed E-state index contributed by atoms with van der Waals surface area (Å²) in [6, 6.07) is 18.9. The van der Waals surface area contributed by atoms with Crippen LogP contribution in [0.5, 0.6) is 0 Å². The largest absolute Gasteiger partial charge is 0.460 e. The Bertz CT molecular complexity index is 695. The quantitative estimate of drug-likeness (QED) is 0.812. The highest BCUT2D eigenvalue weighted by Crippen LogP contribution is 2.32. The lowest BCUT2D eigenvalue weighted by Gasteiger charge is -2.18. The lowest BCUT2D eigenvalue weighted by molar-refractivity contribution is -0.156. The molecule has 2 aromatic rings. The second kappa shape index (κ2) is 6.65. The van der Waals surface area contributed by atoms with Crippen molar-refractivity contribution in [2.24, 2.45) is 4.99 Å². The van der Waals surface area contributed by atoms with E-state index in [0.717, 1.165) is 11.1 Å². The van der Waals surface area contributed by atoms with E-state index < -0.39 is 12.1 Å². The van der Waals surface area contributed by atoms with Crippen LogP contribution in [0.3, 0.4) is 0 Å². The number of benzene rings is 2. The second-order valence-corrected chi connectivity index (χ2v) is 5.68. The Kier molecular flexibility index (Phi) is 4.42. The van der Waals surface area contributed by atoms with E-state index in [0.29, 0.717) is 5.90 Å². The lowest BCUT2D eigenvalue weighted by Crippen LogP contribution is -2.31. The van der Waals surface area contributed by atoms with Crippen LogP contribution in [0.2, 0.25) is 0 Å². The standard InChI is InChI=1S/C19H19NO3/c1-13(2)22-19(21)17-16(14-9-5-3-6-10-14)20-18(23-17)15-11-7-4-8-12-15/h3-13,16-17H,1-2H3. The number of carbonyl (C=O) groups is 1. The Hall–Kier alpha value is -2.62. The Morgan fingerprint density at radius 2 is 1.65 bits per heavy atom. The van der Waals surface area contributed by atoms with Gasteiger partial charge in [-0.2, -0.15) is 0 Å². The molecule has 0 aromatic heterocycles. The average Bonchev–Trinajstić information content (AvgIpc) is 3.01. The highest BCUT2D eigenvalue weighted by Gasteiger charge is 2.39. The Morgan fingerprint density at radius 1 is 1.04 bits per heavy atom. The van der Waals surface area contributed by atoms with Gasteiger partial charge in [0.15, 0.2) is 0 Å². The van der Waals surface area contributed by atoms with Gasteiger partial charge in [0.25, 0.3) is 0 Å². The molecule has 1 heterocycles. The van der Waals surface area contributed by atoms with Crippen LogP contribution in [-0.2, 0) is 14.3 Å².